The van der Waals surface area contributed by atoms with Gasteiger partial charge in [0, 0.05) is 6.04 Å². The summed E-state index contributed by atoms with van der Waals surface area (Å²) in [6.45, 7) is 7.23. The van der Waals surface area contributed by atoms with Crippen LogP contribution < -0.4 is 5.73 Å². The lowest BCUT2D eigenvalue weighted by Gasteiger charge is -2.27. The fourth-order valence-corrected chi connectivity index (χ4v) is 2.02. The number of carbonyl (C=O) groups excluding carboxylic acids is 1. The number of ether oxygens (including phenoxy) is 1. The van der Waals surface area contributed by atoms with Gasteiger partial charge in [0.2, 0.25) is 0 Å². The van der Waals surface area contributed by atoms with E-state index in [0.717, 1.165) is 5.56 Å². The van der Waals surface area contributed by atoms with Gasteiger partial charge in [-0.05, 0) is 33.3 Å². The molecule has 0 aromatic heterocycles. The molecule has 5 heteroatoms. The number of aryl methyl sites for hydroxylation is 1. The van der Waals surface area contributed by atoms with Crippen LogP contribution in [0, 0.1) is 6.92 Å². The van der Waals surface area contributed by atoms with Crippen molar-refractivity contribution in [2.75, 3.05) is 0 Å². The molecule has 0 saturated carbocycles. The van der Waals surface area contributed by atoms with Gasteiger partial charge < -0.3 is 15.6 Å². The predicted octanol–water partition coefficient (Wildman–Crippen LogP) is 2.22. The molecular weight excluding hydrogens is 270 g/mol. The van der Waals surface area contributed by atoms with E-state index in [0.29, 0.717) is 5.56 Å². The largest absolute Gasteiger partial charge is 0.481 e. The fourth-order valence-electron chi connectivity index (χ4n) is 2.02. The van der Waals surface area contributed by atoms with E-state index in [2.05, 4.69) is 0 Å². The molecule has 0 spiro atoms. The third kappa shape index (κ3) is 5.55. The first-order chi connectivity index (χ1) is 9.60. The van der Waals surface area contributed by atoms with Crippen LogP contribution in [0.1, 0.15) is 44.2 Å². The summed E-state index contributed by atoms with van der Waals surface area (Å²) < 4.78 is 5.38. The van der Waals surface area contributed by atoms with Crippen LogP contribution in [0.5, 0.6) is 0 Å². The number of carbonyl (C=O) groups is 2. The summed E-state index contributed by atoms with van der Waals surface area (Å²) in [7, 11) is 0. The molecule has 3 N–H and O–H groups in total. The SMILES string of the molecule is Cc1ccc([C@H](C(=O)OC(C)(C)C)[C@H](N)CC(=O)O)cc1. The Morgan fingerprint density at radius 2 is 1.76 bits per heavy atom. The van der Waals surface area contributed by atoms with Crippen LogP contribution in [0.25, 0.3) is 0 Å². The summed E-state index contributed by atoms with van der Waals surface area (Å²) in [6, 6.07) is 6.46. The summed E-state index contributed by atoms with van der Waals surface area (Å²) in [5, 5.41) is 8.91. The minimum atomic E-state index is -1.04. The van der Waals surface area contributed by atoms with Crippen LogP contribution in [0.4, 0.5) is 0 Å². The Hall–Kier alpha value is -1.88. The normalized spacial score (nSPS) is 14.3. The van der Waals surface area contributed by atoms with Crippen molar-refractivity contribution in [2.45, 2.75) is 51.7 Å². The summed E-state index contributed by atoms with van der Waals surface area (Å²) in [5.41, 5.74) is 7.00. The van der Waals surface area contributed by atoms with Gasteiger partial charge in [-0.3, -0.25) is 9.59 Å². The maximum absolute atomic E-state index is 12.4. The molecule has 0 radical (unpaired) electrons. The van der Waals surface area contributed by atoms with E-state index in [1.54, 1.807) is 32.9 Å². The highest BCUT2D eigenvalue weighted by Gasteiger charge is 2.32. The first-order valence-electron chi connectivity index (χ1n) is 6.87. The molecule has 21 heavy (non-hydrogen) atoms. The van der Waals surface area contributed by atoms with Gasteiger partial charge in [0.05, 0.1) is 12.3 Å². The topological polar surface area (TPSA) is 89.6 Å². The summed E-state index contributed by atoms with van der Waals surface area (Å²) in [4.78, 5) is 23.2. The molecule has 0 unspecified atom stereocenters. The van der Waals surface area contributed by atoms with Gasteiger partial charge in [-0.1, -0.05) is 29.8 Å². The monoisotopic (exact) mass is 293 g/mol. The Labute approximate surface area is 125 Å². The zero-order valence-corrected chi connectivity index (χ0v) is 12.9. The Morgan fingerprint density at radius 3 is 2.19 bits per heavy atom. The molecule has 0 aliphatic carbocycles. The molecule has 0 saturated heterocycles. The first kappa shape index (κ1) is 17.2. The molecule has 1 aromatic rings. The highest BCUT2D eigenvalue weighted by Crippen LogP contribution is 2.25. The van der Waals surface area contributed by atoms with E-state index < -0.39 is 29.5 Å². The minimum absolute atomic E-state index is 0.294. The van der Waals surface area contributed by atoms with Crippen molar-refractivity contribution in [1.29, 1.82) is 0 Å². The zero-order valence-electron chi connectivity index (χ0n) is 12.9. The summed E-state index contributed by atoms with van der Waals surface area (Å²) in [6.07, 6.45) is -0.294. The van der Waals surface area contributed by atoms with Gasteiger partial charge in [0.15, 0.2) is 0 Å². The van der Waals surface area contributed by atoms with E-state index in [-0.39, 0.29) is 6.42 Å². The fraction of sp³-hybridized carbons (Fsp3) is 0.500. The number of benzene rings is 1. The van der Waals surface area contributed by atoms with Crippen molar-refractivity contribution in [3.8, 4) is 0 Å². The van der Waals surface area contributed by atoms with Gasteiger partial charge >= 0.3 is 11.9 Å². The molecule has 116 valence electrons. The lowest BCUT2D eigenvalue weighted by atomic mass is 9.89. The summed E-state index contributed by atoms with van der Waals surface area (Å²) >= 11 is 0. The zero-order chi connectivity index (χ0) is 16.2. The van der Waals surface area contributed by atoms with Crippen molar-refractivity contribution in [2.24, 2.45) is 5.73 Å². The van der Waals surface area contributed by atoms with Crippen molar-refractivity contribution >= 4 is 11.9 Å². The molecule has 0 fully saturated rings. The number of nitrogens with two attached hydrogens (primary N) is 1. The average molecular weight is 293 g/mol. The summed E-state index contributed by atoms with van der Waals surface area (Å²) in [5.74, 6) is -2.33. The smallest absolute Gasteiger partial charge is 0.315 e. The highest BCUT2D eigenvalue weighted by atomic mass is 16.6. The predicted molar refractivity (Wildman–Crippen MR) is 80.0 cm³/mol. The molecule has 0 heterocycles. The maximum Gasteiger partial charge on any atom is 0.315 e. The molecule has 1 rings (SSSR count). The first-order valence-corrected chi connectivity index (χ1v) is 6.87. The van der Waals surface area contributed by atoms with E-state index in [4.69, 9.17) is 15.6 Å². The second-order valence-electron chi connectivity index (χ2n) is 6.18. The van der Waals surface area contributed by atoms with Crippen LogP contribution in [-0.2, 0) is 14.3 Å². The Bertz CT molecular complexity index is 502. The number of carboxylic acids is 1. The molecule has 0 bridgehead atoms. The van der Waals surface area contributed by atoms with Crippen LogP contribution in [0.3, 0.4) is 0 Å². The van der Waals surface area contributed by atoms with Crippen molar-refractivity contribution in [1.82, 2.24) is 0 Å². The third-order valence-electron chi connectivity index (χ3n) is 2.94. The van der Waals surface area contributed by atoms with Crippen molar-refractivity contribution in [3.63, 3.8) is 0 Å². The Morgan fingerprint density at radius 1 is 1.24 bits per heavy atom. The highest BCUT2D eigenvalue weighted by molar-refractivity contribution is 5.81. The van der Waals surface area contributed by atoms with E-state index in [1.807, 2.05) is 19.1 Å². The quantitative estimate of drug-likeness (QED) is 0.812. The van der Waals surface area contributed by atoms with Gasteiger partial charge in [0.25, 0.3) is 0 Å². The molecule has 0 aliphatic rings. The number of hydrogen-bond acceptors (Lipinski definition) is 4. The number of esters is 1. The van der Waals surface area contributed by atoms with Crippen LogP contribution in [0.15, 0.2) is 24.3 Å². The van der Waals surface area contributed by atoms with E-state index in [1.165, 1.54) is 0 Å². The molecule has 1 aromatic carbocycles. The van der Waals surface area contributed by atoms with Crippen LogP contribution >= 0.6 is 0 Å². The lowest BCUT2D eigenvalue weighted by Crippen LogP contribution is -2.39. The molecule has 0 aliphatic heterocycles. The molecule has 0 amide bonds. The number of carboxylic acid groups (broad SMARTS) is 1. The number of hydrogen-bond donors (Lipinski definition) is 2. The Kier molecular flexibility index (Phi) is 5.49. The standard InChI is InChI=1S/C16H23NO4/c1-10-5-7-11(8-6-10)14(12(17)9-13(18)19)15(20)21-16(2,3)4/h5-8,12,14H,9,17H2,1-4H3,(H,18,19)/t12-,14+/m1/s1. The van der Waals surface area contributed by atoms with Gasteiger partial charge in [-0.25, -0.2) is 0 Å². The average Bonchev–Trinajstić information content (AvgIpc) is 2.28. The lowest BCUT2D eigenvalue weighted by molar-refractivity contribution is -0.157. The number of aliphatic carboxylic acids is 1. The second kappa shape index (κ2) is 6.72. The number of rotatable bonds is 5. The van der Waals surface area contributed by atoms with Crippen LogP contribution in [0.2, 0.25) is 0 Å². The van der Waals surface area contributed by atoms with Crippen molar-refractivity contribution < 1.29 is 19.4 Å². The molecular formula is C16H23NO4. The van der Waals surface area contributed by atoms with E-state index >= 15 is 0 Å². The third-order valence-corrected chi connectivity index (χ3v) is 2.94. The van der Waals surface area contributed by atoms with Crippen molar-refractivity contribution in [3.05, 3.63) is 35.4 Å². The van der Waals surface area contributed by atoms with E-state index in [9.17, 15) is 9.59 Å². The van der Waals surface area contributed by atoms with Gasteiger partial charge in [0.1, 0.15) is 5.60 Å². The second-order valence-corrected chi connectivity index (χ2v) is 6.18. The Balaban J connectivity index is 3.07. The van der Waals surface area contributed by atoms with Crippen LogP contribution in [-0.4, -0.2) is 28.7 Å². The van der Waals surface area contributed by atoms with Gasteiger partial charge in [-0.2, -0.15) is 0 Å². The molecule has 5 nitrogen and oxygen atoms in total. The minimum Gasteiger partial charge on any atom is -0.481 e. The maximum atomic E-state index is 12.4. The molecule has 2 atom stereocenters. The van der Waals surface area contributed by atoms with Gasteiger partial charge in [-0.15, -0.1) is 0 Å².